The second-order valence-corrected chi connectivity index (χ2v) is 5.00. The molecule has 0 aliphatic carbocycles. The van der Waals surface area contributed by atoms with Crippen molar-refractivity contribution in [2.45, 2.75) is 0 Å². The van der Waals surface area contributed by atoms with Gasteiger partial charge in [0, 0.05) is 17.6 Å². The van der Waals surface area contributed by atoms with Gasteiger partial charge in [0.2, 0.25) is 0 Å². The smallest absolute Gasteiger partial charge is 0.189 e. The second kappa shape index (κ2) is 6.40. The van der Waals surface area contributed by atoms with E-state index in [0.717, 1.165) is 16.5 Å². The minimum atomic E-state index is -0.443. The molecular formula is C19H14FNO2. The van der Waals surface area contributed by atoms with Crippen LogP contribution in [0.4, 0.5) is 4.39 Å². The lowest BCUT2D eigenvalue weighted by Crippen LogP contribution is -1.99. The number of benzene rings is 2. The van der Waals surface area contributed by atoms with Gasteiger partial charge < -0.3 is 4.74 Å². The molecule has 0 saturated carbocycles. The molecule has 4 heteroatoms. The van der Waals surface area contributed by atoms with E-state index in [0.29, 0.717) is 5.56 Å². The molecule has 0 saturated heterocycles. The summed E-state index contributed by atoms with van der Waals surface area (Å²) in [6, 6.07) is 13.6. The number of fused-ring (bicyclic) bond motifs is 1. The molecule has 0 aliphatic heterocycles. The van der Waals surface area contributed by atoms with Gasteiger partial charge in [0.05, 0.1) is 18.2 Å². The van der Waals surface area contributed by atoms with Crippen molar-refractivity contribution in [2.24, 2.45) is 0 Å². The maximum atomic E-state index is 13.2. The first kappa shape index (κ1) is 14.9. The van der Waals surface area contributed by atoms with Crippen LogP contribution in [0.15, 0.2) is 60.8 Å². The van der Waals surface area contributed by atoms with E-state index < -0.39 is 5.82 Å². The Morgan fingerprint density at radius 1 is 1.17 bits per heavy atom. The summed E-state index contributed by atoms with van der Waals surface area (Å²) in [7, 11) is 1.41. The zero-order chi connectivity index (χ0) is 16.2. The number of methoxy groups -OCH3 is 1. The maximum absolute atomic E-state index is 13.2. The number of ether oxygens (including phenoxy) is 1. The number of para-hydroxylation sites is 1. The monoisotopic (exact) mass is 307 g/mol. The lowest BCUT2D eigenvalue weighted by molar-refractivity contribution is 0.104. The molecule has 0 fully saturated rings. The summed E-state index contributed by atoms with van der Waals surface area (Å²) in [6.07, 6.45) is 4.82. The number of aromatic nitrogens is 1. The Labute approximate surface area is 133 Å². The molecule has 0 N–H and O–H groups in total. The van der Waals surface area contributed by atoms with E-state index in [1.165, 1.54) is 31.4 Å². The normalized spacial score (nSPS) is 11.0. The SMILES string of the molecule is COc1cc(F)ccc1C(=O)/C=C/c1cnc2ccccc2c1. The molecule has 23 heavy (non-hydrogen) atoms. The lowest BCUT2D eigenvalue weighted by atomic mass is 10.1. The lowest BCUT2D eigenvalue weighted by Gasteiger charge is -2.05. The van der Waals surface area contributed by atoms with Crippen LogP contribution in [0.2, 0.25) is 0 Å². The summed E-state index contributed by atoms with van der Waals surface area (Å²) in [6.45, 7) is 0. The van der Waals surface area contributed by atoms with Crippen molar-refractivity contribution < 1.29 is 13.9 Å². The van der Waals surface area contributed by atoms with Crippen LogP contribution in [0, 0.1) is 5.82 Å². The summed E-state index contributed by atoms with van der Waals surface area (Å²) in [5.41, 5.74) is 2.04. The largest absolute Gasteiger partial charge is 0.496 e. The van der Waals surface area contributed by atoms with E-state index in [4.69, 9.17) is 4.74 Å². The molecule has 0 atom stereocenters. The third-order valence-corrected chi connectivity index (χ3v) is 3.47. The van der Waals surface area contributed by atoms with Crippen LogP contribution < -0.4 is 4.74 Å². The van der Waals surface area contributed by atoms with Crippen LogP contribution in [0.5, 0.6) is 5.75 Å². The van der Waals surface area contributed by atoms with E-state index in [1.807, 2.05) is 30.3 Å². The molecule has 0 spiro atoms. The van der Waals surface area contributed by atoms with Gasteiger partial charge in [-0.25, -0.2) is 4.39 Å². The van der Waals surface area contributed by atoms with Crippen molar-refractivity contribution in [3.05, 3.63) is 77.7 Å². The molecule has 3 nitrogen and oxygen atoms in total. The molecule has 0 aliphatic rings. The molecule has 1 aromatic heterocycles. The average Bonchev–Trinajstić information content (AvgIpc) is 2.59. The van der Waals surface area contributed by atoms with E-state index in [2.05, 4.69) is 4.98 Å². The Morgan fingerprint density at radius 3 is 2.83 bits per heavy atom. The minimum Gasteiger partial charge on any atom is -0.496 e. The number of nitrogens with zero attached hydrogens (tertiary/aromatic N) is 1. The predicted molar refractivity (Wildman–Crippen MR) is 88.1 cm³/mol. The summed E-state index contributed by atoms with van der Waals surface area (Å²) in [5, 5.41) is 1.00. The van der Waals surface area contributed by atoms with Gasteiger partial charge in [-0.2, -0.15) is 0 Å². The highest BCUT2D eigenvalue weighted by atomic mass is 19.1. The van der Waals surface area contributed by atoms with Gasteiger partial charge >= 0.3 is 0 Å². The Morgan fingerprint density at radius 2 is 2.00 bits per heavy atom. The van der Waals surface area contributed by atoms with Crippen LogP contribution in [-0.4, -0.2) is 17.9 Å². The molecule has 1 heterocycles. The molecule has 0 radical (unpaired) electrons. The average molecular weight is 307 g/mol. The fraction of sp³-hybridized carbons (Fsp3) is 0.0526. The van der Waals surface area contributed by atoms with E-state index >= 15 is 0 Å². The van der Waals surface area contributed by atoms with Gasteiger partial charge in [-0.1, -0.05) is 18.2 Å². The van der Waals surface area contributed by atoms with Crippen molar-refractivity contribution in [3.63, 3.8) is 0 Å². The maximum Gasteiger partial charge on any atom is 0.189 e. The Bertz CT molecular complexity index is 903. The van der Waals surface area contributed by atoms with Crippen LogP contribution in [0.1, 0.15) is 15.9 Å². The van der Waals surface area contributed by atoms with Crippen LogP contribution in [0.25, 0.3) is 17.0 Å². The molecule has 0 amide bonds. The van der Waals surface area contributed by atoms with Gasteiger partial charge in [-0.05, 0) is 42.0 Å². The molecule has 2 aromatic carbocycles. The molecule has 3 rings (SSSR count). The van der Waals surface area contributed by atoms with E-state index in [9.17, 15) is 9.18 Å². The second-order valence-electron chi connectivity index (χ2n) is 5.00. The summed E-state index contributed by atoms with van der Waals surface area (Å²) < 4.78 is 18.2. The fourth-order valence-corrected chi connectivity index (χ4v) is 2.31. The van der Waals surface area contributed by atoms with Crippen molar-refractivity contribution in [2.75, 3.05) is 7.11 Å². The van der Waals surface area contributed by atoms with Crippen molar-refractivity contribution >= 4 is 22.8 Å². The Balaban J connectivity index is 1.87. The first-order valence-electron chi connectivity index (χ1n) is 7.08. The van der Waals surface area contributed by atoms with Crippen LogP contribution in [-0.2, 0) is 0 Å². The topological polar surface area (TPSA) is 39.2 Å². The fourth-order valence-electron chi connectivity index (χ4n) is 2.31. The number of hydrogen-bond donors (Lipinski definition) is 0. The zero-order valence-electron chi connectivity index (χ0n) is 12.5. The van der Waals surface area contributed by atoms with Crippen LogP contribution in [0.3, 0.4) is 0 Å². The number of allylic oxidation sites excluding steroid dienone is 1. The van der Waals surface area contributed by atoms with Gasteiger partial charge in [-0.15, -0.1) is 0 Å². The van der Waals surface area contributed by atoms with E-state index in [1.54, 1.807) is 12.3 Å². The number of pyridine rings is 1. The zero-order valence-corrected chi connectivity index (χ0v) is 12.5. The van der Waals surface area contributed by atoms with Crippen molar-refractivity contribution in [3.8, 4) is 5.75 Å². The third-order valence-electron chi connectivity index (χ3n) is 3.47. The van der Waals surface area contributed by atoms with Crippen molar-refractivity contribution in [1.29, 1.82) is 0 Å². The van der Waals surface area contributed by atoms with Gasteiger partial charge in [0.25, 0.3) is 0 Å². The predicted octanol–water partition coefficient (Wildman–Crippen LogP) is 4.28. The number of ketones is 1. The first-order chi connectivity index (χ1) is 11.2. The highest BCUT2D eigenvalue weighted by molar-refractivity contribution is 6.08. The number of carbonyl (C=O) groups excluding carboxylic acids is 1. The number of hydrogen-bond acceptors (Lipinski definition) is 3. The summed E-state index contributed by atoms with van der Waals surface area (Å²) in [4.78, 5) is 16.6. The molecular weight excluding hydrogens is 293 g/mol. The standard InChI is InChI=1S/C19H14FNO2/c1-23-19-11-15(20)7-8-16(19)18(22)9-6-13-10-14-4-2-3-5-17(14)21-12-13/h2-12H,1H3/b9-6+. The van der Waals surface area contributed by atoms with Crippen molar-refractivity contribution in [1.82, 2.24) is 4.98 Å². The van der Waals surface area contributed by atoms with Gasteiger partial charge in [0.15, 0.2) is 5.78 Å². The third kappa shape index (κ3) is 3.26. The number of carbonyl (C=O) groups is 1. The molecule has 0 bridgehead atoms. The molecule has 0 unspecified atom stereocenters. The minimum absolute atomic E-state index is 0.219. The summed E-state index contributed by atoms with van der Waals surface area (Å²) in [5.74, 6) is -0.479. The Hall–Kier alpha value is -3.01. The number of halogens is 1. The highest BCUT2D eigenvalue weighted by Crippen LogP contribution is 2.21. The Kier molecular flexibility index (Phi) is 4.15. The van der Waals surface area contributed by atoms with Gasteiger partial charge in [-0.3, -0.25) is 9.78 Å². The first-order valence-corrected chi connectivity index (χ1v) is 7.08. The number of rotatable bonds is 4. The van der Waals surface area contributed by atoms with E-state index in [-0.39, 0.29) is 11.5 Å². The highest BCUT2D eigenvalue weighted by Gasteiger charge is 2.10. The molecule has 3 aromatic rings. The molecule has 114 valence electrons. The van der Waals surface area contributed by atoms with Crippen LogP contribution >= 0.6 is 0 Å². The summed E-state index contributed by atoms with van der Waals surface area (Å²) >= 11 is 0. The quantitative estimate of drug-likeness (QED) is 0.533. The van der Waals surface area contributed by atoms with Gasteiger partial charge in [0.1, 0.15) is 11.6 Å².